The summed E-state index contributed by atoms with van der Waals surface area (Å²) in [7, 11) is 1.61. The van der Waals surface area contributed by atoms with Crippen molar-refractivity contribution >= 4 is 39.1 Å². The number of hydrogen-bond acceptors (Lipinski definition) is 4. The van der Waals surface area contributed by atoms with Gasteiger partial charge in [-0.3, -0.25) is 9.59 Å². The number of carboxylic acid groups (broad SMARTS) is 1. The highest BCUT2D eigenvalue weighted by molar-refractivity contribution is 9.11. The minimum absolute atomic E-state index is 0.158. The van der Waals surface area contributed by atoms with E-state index < -0.39 is 17.9 Å². The number of carbonyl (C=O) groups is 2. The van der Waals surface area contributed by atoms with Gasteiger partial charge >= 0.3 is 5.97 Å². The molecule has 1 saturated heterocycles. The summed E-state index contributed by atoms with van der Waals surface area (Å²) in [5.74, 6) is -1.76. The van der Waals surface area contributed by atoms with Gasteiger partial charge in [0.15, 0.2) is 0 Å². The van der Waals surface area contributed by atoms with Crippen LogP contribution >= 0.6 is 27.3 Å². The Bertz CT molecular complexity index is 475. The Morgan fingerprint density at radius 2 is 2.28 bits per heavy atom. The van der Waals surface area contributed by atoms with Crippen molar-refractivity contribution < 1.29 is 19.4 Å². The fourth-order valence-corrected chi connectivity index (χ4v) is 3.07. The van der Waals surface area contributed by atoms with Gasteiger partial charge in [0.1, 0.15) is 5.92 Å². The summed E-state index contributed by atoms with van der Waals surface area (Å²) in [5, 5.41) is 10.8. The highest BCUT2D eigenvalue weighted by Gasteiger charge is 2.38. The molecule has 2 heterocycles. The van der Waals surface area contributed by atoms with Crippen molar-refractivity contribution in [3.8, 4) is 0 Å². The first-order valence-electron chi connectivity index (χ1n) is 5.32. The maximum Gasteiger partial charge on any atom is 0.311 e. The van der Waals surface area contributed by atoms with Crippen LogP contribution in [0.4, 0.5) is 0 Å². The molecule has 0 aliphatic carbocycles. The van der Waals surface area contributed by atoms with E-state index in [-0.39, 0.29) is 19.1 Å². The first kappa shape index (κ1) is 13.5. The quantitative estimate of drug-likeness (QED) is 0.913. The van der Waals surface area contributed by atoms with E-state index in [2.05, 4.69) is 15.9 Å². The monoisotopic (exact) mass is 333 g/mol. The zero-order valence-electron chi connectivity index (χ0n) is 9.63. The van der Waals surface area contributed by atoms with Crippen LogP contribution in [-0.2, 0) is 9.53 Å². The van der Waals surface area contributed by atoms with E-state index in [9.17, 15) is 9.59 Å². The molecule has 2 unspecified atom stereocenters. The topological polar surface area (TPSA) is 66.8 Å². The minimum Gasteiger partial charge on any atom is -0.481 e. The van der Waals surface area contributed by atoms with Gasteiger partial charge in [-0.15, -0.1) is 11.3 Å². The smallest absolute Gasteiger partial charge is 0.311 e. The van der Waals surface area contributed by atoms with Crippen molar-refractivity contribution in [2.24, 2.45) is 5.92 Å². The van der Waals surface area contributed by atoms with Crippen LogP contribution in [0.15, 0.2) is 15.2 Å². The third-order valence-electron chi connectivity index (χ3n) is 3.00. The van der Waals surface area contributed by atoms with Crippen LogP contribution in [0.5, 0.6) is 0 Å². The summed E-state index contributed by atoms with van der Waals surface area (Å²) >= 11 is 4.72. The number of carbonyl (C=O) groups excluding carboxylic acids is 1. The maximum atomic E-state index is 12.2. The van der Waals surface area contributed by atoms with Gasteiger partial charge < -0.3 is 14.7 Å². The highest BCUT2D eigenvalue weighted by Crippen LogP contribution is 2.24. The summed E-state index contributed by atoms with van der Waals surface area (Å²) in [5.41, 5.74) is 0.561. The number of carboxylic acids is 1. The molecule has 0 saturated carbocycles. The van der Waals surface area contributed by atoms with Crippen LogP contribution in [0.1, 0.15) is 10.4 Å². The standard InChI is InChI=1S/C11H12BrNO4S/c1-13(8-4-17-3-7(8)11(15)16)10(14)6-2-9(12)18-5-6/h2,5,7-8H,3-4H2,1H3,(H,15,16). The van der Waals surface area contributed by atoms with E-state index in [1.54, 1.807) is 18.5 Å². The molecule has 0 aromatic carbocycles. The van der Waals surface area contributed by atoms with E-state index in [4.69, 9.17) is 9.84 Å². The van der Waals surface area contributed by atoms with Gasteiger partial charge in [0.2, 0.25) is 0 Å². The second-order valence-electron chi connectivity index (χ2n) is 4.11. The van der Waals surface area contributed by atoms with Crippen LogP contribution in [0, 0.1) is 5.92 Å². The number of rotatable bonds is 3. The number of ether oxygens (including phenoxy) is 1. The normalized spacial score (nSPS) is 23.0. The zero-order valence-corrected chi connectivity index (χ0v) is 12.0. The third-order valence-corrected chi connectivity index (χ3v) is 4.50. The van der Waals surface area contributed by atoms with Crippen LogP contribution in [-0.4, -0.2) is 48.2 Å². The van der Waals surface area contributed by atoms with Crippen molar-refractivity contribution in [1.29, 1.82) is 0 Å². The second kappa shape index (κ2) is 5.38. The molecule has 1 aliphatic rings. The molecule has 1 N–H and O–H groups in total. The number of hydrogen-bond donors (Lipinski definition) is 1. The molecular weight excluding hydrogens is 322 g/mol. The SMILES string of the molecule is CN(C(=O)c1csc(Br)c1)C1COCC1C(=O)O. The zero-order chi connectivity index (χ0) is 13.3. The molecule has 98 valence electrons. The second-order valence-corrected chi connectivity index (χ2v) is 6.40. The molecule has 1 aromatic heterocycles. The van der Waals surface area contributed by atoms with Crippen LogP contribution in [0.25, 0.3) is 0 Å². The van der Waals surface area contributed by atoms with Gasteiger partial charge in [0.05, 0.1) is 28.6 Å². The molecular formula is C11H12BrNO4S. The van der Waals surface area contributed by atoms with Gasteiger partial charge in [-0.1, -0.05) is 0 Å². The van der Waals surface area contributed by atoms with Gasteiger partial charge in [-0.25, -0.2) is 0 Å². The molecule has 1 fully saturated rings. The summed E-state index contributed by atoms with van der Waals surface area (Å²) in [6, 6.07) is 1.32. The van der Waals surface area contributed by atoms with Crippen molar-refractivity contribution in [2.45, 2.75) is 6.04 Å². The Morgan fingerprint density at radius 1 is 1.56 bits per heavy atom. The molecule has 18 heavy (non-hydrogen) atoms. The number of halogens is 1. The Kier molecular flexibility index (Phi) is 4.04. The number of nitrogens with zero attached hydrogens (tertiary/aromatic N) is 1. The van der Waals surface area contributed by atoms with Crippen LogP contribution < -0.4 is 0 Å². The third kappa shape index (κ3) is 2.57. The molecule has 2 atom stereocenters. The highest BCUT2D eigenvalue weighted by atomic mass is 79.9. The lowest BCUT2D eigenvalue weighted by atomic mass is 10.0. The number of aliphatic carboxylic acids is 1. The van der Waals surface area contributed by atoms with Gasteiger partial charge in [0, 0.05) is 12.4 Å². The molecule has 7 heteroatoms. The van der Waals surface area contributed by atoms with Crippen LogP contribution in [0.3, 0.4) is 0 Å². The van der Waals surface area contributed by atoms with E-state index in [0.29, 0.717) is 5.56 Å². The molecule has 1 aromatic rings. The number of likely N-dealkylation sites (N-methyl/N-ethyl adjacent to an activating group) is 1. The average molecular weight is 334 g/mol. The lowest BCUT2D eigenvalue weighted by Gasteiger charge is -2.25. The van der Waals surface area contributed by atoms with Crippen molar-refractivity contribution in [3.63, 3.8) is 0 Å². The minimum atomic E-state index is -0.927. The first-order valence-corrected chi connectivity index (χ1v) is 6.99. The lowest BCUT2D eigenvalue weighted by Crippen LogP contribution is -2.44. The number of amides is 1. The van der Waals surface area contributed by atoms with E-state index in [1.165, 1.54) is 16.2 Å². The van der Waals surface area contributed by atoms with Crippen LogP contribution in [0.2, 0.25) is 0 Å². The molecule has 5 nitrogen and oxygen atoms in total. The summed E-state index contributed by atoms with van der Waals surface area (Å²) < 4.78 is 6.03. The molecule has 0 radical (unpaired) electrons. The molecule has 1 amide bonds. The molecule has 1 aliphatic heterocycles. The van der Waals surface area contributed by atoms with E-state index in [0.717, 1.165) is 3.79 Å². The van der Waals surface area contributed by atoms with Crippen molar-refractivity contribution in [2.75, 3.05) is 20.3 Å². The predicted octanol–water partition coefficient (Wildman–Crippen LogP) is 1.68. The lowest BCUT2D eigenvalue weighted by molar-refractivity contribution is -0.142. The average Bonchev–Trinajstić information content (AvgIpc) is 2.95. The maximum absolute atomic E-state index is 12.2. The Labute approximate surface area is 116 Å². The van der Waals surface area contributed by atoms with Gasteiger partial charge in [-0.05, 0) is 22.0 Å². The first-order chi connectivity index (χ1) is 8.50. The van der Waals surface area contributed by atoms with Crippen molar-refractivity contribution in [3.05, 3.63) is 20.8 Å². The van der Waals surface area contributed by atoms with Gasteiger partial charge in [0.25, 0.3) is 5.91 Å². The summed E-state index contributed by atoms with van der Waals surface area (Å²) in [6.07, 6.45) is 0. The Balaban J connectivity index is 2.13. The summed E-state index contributed by atoms with van der Waals surface area (Å²) in [6.45, 7) is 0.426. The van der Waals surface area contributed by atoms with E-state index in [1.807, 2.05) is 0 Å². The Hall–Kier alpha value is -0.920. The Morgan fingerprint density at radius 3 is 2.83 bits per heavy atom. The summed E-state index contributed by atoms with van der Waals surface area (Å²) in [4.78, 5) is 24.7. The van der Waals surface area contributed by atoms with Gasteiger partial charge in [-0.2, -0.15) is 0 Å². The largest absolute Gasteiger partial charge is 0.481 e. The van der Waals surface area contributed by atoms with Crippen molar-refractivity contribution in [1.82, 2.24) is 4.90 Å². The molecule has 2 rings (SSSR count). The number of thiophene rings is 1. The molecule has 0 bridgehead atoms. The van der Waals surface area contributed by atoms with E-state index >= 15 is 0 Å². The molecule has 0 spiro atoms. The fourth-order valence-electron chi connectivity index (χ4n) is 1.94. The fraction of sp³-hybridized carbons (Fsp3) is 0.455. The predicted molar refractivity (Wildman–Crippen MR) is 69.8 cm³/mol.